The lowest BCUT2D eigenvalue weighted by Gasteiger charge is -2.40. The van der Waals surface area contributed by atoms with Crippen molar-refractivity contribution in [3.05, 3.63) is 58.4 Å². The third-order valence-electron chi connectivity index (χ3n) is 8.57. The lowest BCUT2D eigenvalue weighted by atomic mass is 9.71. The number of pyridine rings is 1. The summed E-state index contributed by atoms with van der Waals surface area (Å²) in [6.07, 6.45) is 8.12. The Labute approximate surface area is 210 Å². The van der Waals surface area contributed by atoms with Gasteiger partial charge in [0.05, 0.1) is 5.69 Å². The van der Waals surface area contributed by atoms with Crippen LogP contribution in [0.15, 0.2) is 30.5 Å². The molecule has 3 N–H and O–H groups in total. The SMILES string of the molecule is [B]c1cc(C)cc2c1[C@@H](C1CCN(C(O)CC3CCN(C(N)=O)CC3)CC1)c1ncccc1CC2. The Kier molecular flexibility index (Phi) is 7.17. The molecular weight excluding hydrogens is 435 g/mol. The number of aryl methyl sites for hydroxylation is 3. The summed E-state index contributed by atoms with van der Waals surface area (Å²) in [5, 5.41) is 11.0. The molecule has 7 heteroatoms. The second kappa shape index (κ2) is 10.3. The van der Waals surface area contributed by atoms with Gasteiger partial charge in [-0.05, 0) is 86.5 Å². The minimum atomic E-state index is -0.430. The number of carbonyl (C=O) groups is 1. The van der Waals surface area contributed by atoms with E-state index in [-0.39, 0.29) is 11.9 Å². The number of amides is 2. The summed E-state index contributed by atoms with van der Waals surface area (Å²) in [6.45, 7) is 5.28. The molecule has 35 heavy (non-hydrogen) atoms. The van der Waals surface area contributed by atoms with Crippen molar-refractivity contribution in [1.82, 2.24) is 14.8 Å². The maximum atomic E-state index is 11.4. The van der Waals surface area contributed by atoms with E-state index in [1.54, 1.807) is 4.90 Å². The summed E-state index contributed by atoms with van der Waals surface area (Å²) in [4.78, 5) is 20.2. The number of nitrogens with two attached hydrogens (primary N) is 1. The number of piperidine rings is 2. The van der Waals surface area contributed by atoms with Gasteiger partial charge in [0, 0.05) is 38.3 Å². The molecule has 2 aliphatic heterocycles. The number of hydrogen-bond donors (Lipinski definition) is 2. The fourth-order valence-electron chi connectivity index (χ4n) is 6.68. The Bertz CT molecular complexity index is 1060. The molecule has 5 rings (SSSR count). The predicted octanol–water partition coefficient (Wildman–Crippen LogP) is 2.63. The number of likely N-dealkylation sites (tertiary alicyclic amines) is 2. The second-order valence-corrected chi connectivity index (χ2v) is 10.8. The van der Waals surface area contributed by atoms with E-state index < -0.39 is 6.23 Å². The normalized spacial score (nSPS) is 22.8. The Morgan fingerprint density at radius 1 is 1.14 bits per heavy atom. The molecule has 184 valence electrons. The second-order valence-electron chi connectivity index (χ2n) is 10.8. The zero-order valence-electron chi connectivity index (χ0n) is 20.8. The van der Waals surface area contributed by atoms with Crippen LogP contribution in [0.3, 0.4) is 0 Å². The van der Waals surface area contributed by atoms with Crippen molar-refractivity contribution in [2.24, 2.45) is 17.6 Å². The number of aromatic nitrogens is 1. The highest BCUT2D eigenvalue weighted by molar-refractivity contribution is 6.33. The molecule has 1 aromatic heterocycles. The number of aliphatic hydroxyl groups excluding tert-OH is 1. The number of fused-ring (bicyclic) bond motifs is 2. The van der Waals surface area contributed by atoms with Gasteiger partial charge in [-0.25, -0.2) is 4.79 Å². The number of primary amides is 1. The molecule has 2 atom stereocenters. The highest BCUT2D eigenvalue weighted by Gasteiger charge is 2.36. The van der Waals surface area contributed by atoms with Crippen LogP contribution < -0.4 is 11.2 Å². The molecule has 2 fully saturated rings. The monoisotopic (exact) mass is 472 g/mol. The van der Waals surface area contributed by atoms with Crippen molar-refractivity contribution in [3.63, 3.8) is 0 Å². The first-order valence-corrected chi connectivity index (χ1v) is 13.2. The fourth-order valence-corrected chi connectivity index (χ4v) is 6.68. The minimum absolute atomic E-state index is 0.210. The van der Waals surface area contributed by atoms with E-state index in [1.165, 1.54) is 27.9 Å². The topological polar surface area (TPSA) is 82.7 Å². The fraction of sp³-hybridized carbons (Fsp3) is 0.571. The van der Waals surface area contributed by atoms with Crippen molar-refractivity contribution >= 4 is 19.3 Å². The van der Waals surface area contributed by atoms with Crippen LogP contribution in [-0.2, 0) is 12.8 Å². The molecule has 2 radical (unpaired) electrons. The van der Waals surface area contributed by atoms with Crippen molar-refractivity contribution in [2.75, 3.05) is 26.2 Å². The molecule has 0 saturated carbocycles. The molecule has 1 aromatic carbocycles. The zero-order valence-corrected chi connectivity index (χ0v) is 20.8. The van der Waals surface area contributed by atoms with E-state index in [0.29, 0.717) is 24.9 Å². The summed E-state index contributed by atoms with van der Waals surface area (Å²) in [6, 6.07) is 8.37. The van der Waals surface area contributed by atoms with Crippen molar-refractivity contribution in [1.29, 1.82) is 0 Å². The summed E-state index contributed by atoms with van der Waals surface area (Å²) in [7, 11) is 6.66. The van der Waals surface area contributed by atoms with E-state index in [2.05, 4.69) is 30.0 Å². The zero-order chi connectivity index (χ0) is 24.5. The van der Waals surface area contributed by atoms with Gasteiger partial charge in [0.2, 0.25) is 0 Å². The summed E-state index contributed by atoms with van der Waals surface area (Å²) in [5.41, 5.74) is 12.7. The van der Waals surface area contributed by atoms with Crippen LogP contribution in [0.1, 0.15) is 66.0 Å². The van der Waals surface area contributed by atoms with Crippen LogP contribution in [0.2, 0.25) is 0 Å². The Hall–Kier alpha value is -2.38. The van der Waals surface area contributed by atoms with Crippen LogP contribution in [-0.4, -0.2) is 66.2 Å². The summed E-state index contributed by atoms with van der Waals surface area (Å²) >= 11 is 0. The van der Waals surface area contributed by atoms with Gasteiger partial charge in [-0.15, -0.1) is 0 Å². The summed E-state index contributed by atoms with van der Waals surface area (Å²) in [5.74, 6) is 1.10. The van der Waals surface area contributed by atoms with Gasteiger partial charge < -0.3 is 15.7 Å². The van der Waals surface area contributed by atoms with Gasteiger partial charge in [-0.3, -0.25) is 9.88 Å². The predicted molar refractivity (Wildman–Crippen MR) is 139 cm³/mol. The average Bonchev–Trinajstić information content (AvgIpc) is 3.02. The number of urea groups is 1. The Morgan fingerprint density at radius 2 is 1.86 bits per heavy atom. The maximum absolute atomic E-state index is 11.4. The average molecular weight is 472 g/mol. The molecule has 1 aliphatic carbocycles. The Balaban J connectivity index is 1.28. The standard InChI is InChI=1S/C28H37BN4O2/c1-18-15-22-5-4-21-3-2-10-31-27(21)26(25(22)23(29)16-18)20-8-13-32(14-9-20)24(34)17-19-6-11-33(12-7-19)28(30)35/h2-3,10,15-16,19-20,24,26,34H,4-9,11-14,17H2,1H3,(H2,30,35)/t24?,26-/m1/s1. The Morgan fingerprint density at radius 3 is 2.57 bits per heavy atom. The lowest BCUT2D eigenvalue weighted by Crippen LogP contribution is -2.46. The molecule has 1 unspecified atom stereocenters. The maximum Gasteiger partial charge on any atom is 0.314 e. The van der Waals surface area contributed by atoms with Crippen LogP contribution in [0, 0.1) is 18.8 Å². The van der Waals surface area contributed by atoms with Crippen molar-refractivity contribution in [3.8, 4) is 0 Å². The quantitative estimate of drug-likeness (QED) is 0.671. The number of hydrogen-bond acceptors (Lipinski definition) is 4. The molecule has 0 bridgehead atoms. The first-order chi connectivity index (χ1) is 16.9. The third kappa shape index (κ3) is 5.12. The molecule has 2 saturated heterocycles. The highest BCUT2D eigenvalue weighted by atomic mass is 16.3. The number of aliphatic hydroxyl groups is 1. The molecule has 2 amide bonds. The first kappa shape index (κ1) is 24.3. The molecule has 3 aliphatic rings. The van der Waals surface area contributed by atoms with Crippen molar-refractivity contribution < 1.29 is 9.90 Å². The number of nitrogens with zero attached hydrogens (tertiary/aromatic N) is 3. The van der Waals surface area contributed by atoms with E-state index in [1.807, 2.05) is 12.3 Å². The van der Waals surface area contributed by atoms with E-state index in [0.717, 1.165) is 63.5 Å². The number of carbonyl (C=O) groups excluding carboxylic acids is 1. The van der Waals surface area contributed by atoms with Crippen LogP contribution in [0.5, 0.6) is 0 Å². The van der Waals surface area contributed by atoms with Gasteiger partial charge in [0.15, 0.2) is 0 Å². The number of rotatable bonds is 4. The minimum Gasteiger partial charge on any atom is -0.378 e. The summed E-state index contributed by atoms with van der Waals surface area (Å²) < 4.78 is 0. The van der Waals surface area contributed by atoms with Gasteiger partial charge >= 0.3 is 6.03 Å². The smallest absolute Gasteiger partial charge is 0.314 e. The van der Waals surface area contributed by atoms with Gasteiger partial charge in [0.25, 0.3) is 0 Å². The van der Waals surface area contributed by atoms with Gasteiger partial charge in [-0.1, -0.05) is 29.2 Å². The van der Waals surface area contributed by atoms with Gasteiger partial charge in [0.1, 0.15) is 14.1 Å². The largest absolute Gasteiger partial charge is 0.378 e. The first-order valence-electron chi connectivity index (χ1n) is 13.2. The van der Waals surface area contributed by atoms with Crippen LogP contribution in [0.25, 0.3) is 0 Å². The lowest BCUT2D eigenvalue weighted by molar-refractivity contribution is -0.0370. The van der Waals surface area contributed by atoms with Crippen molar-refractivity contribution in [2.45, 2.75) is 64.0 Å². The highest BCUT2D eigenvalue weighted by Crippen LogP contribution is 2.42. The van der Waals surface area contributed by atoms with Crippen LogP contribution in [0.4, 0.5) is 4.79 Å². The van der Waals surface area contributed by atoms with E-state index in [9.17, 15) is 9.90 Å². The third-order valence-corrected chi connectivity index (χ3v) is 8.57. The molecule has 0 spiro atoms. The molecule has 2 aromatic rings. The van der Waals surface area contributed by atoms with E-state index >= 15 is 0 Å². The molecule has 3 heterocycles. The molecule has 6 nitrogen and oxygen atoms in total. The van der Waals surface area contributed by atoms with Gasteiger partial charge in [-0.2, -0.15) is 0 Å². The van der Waals surface area contributed by atoms with E-state index in [4.69, 9.17) is 18.6 Å². The number of benzene rings is 1. The molecular formula is C28H37BN4O2. The van der Waals surface area contributed by atoms with Crippen LogP contribution >= 0.6 is 0 Å².